The Morgan fingerprint density at radius 3 is 2.64 bits per heavy atom. The fourth-order valence-corrected chi connectivity index (χ4v) is 0.740. The Hall–Kier alpha value is -1.00. The van der Waals surface area contributed by atoms with Crippen LogP contribution in [-0.4, -0.2) is 24.2 Å². The molecule has 11 heavy (non-hydrogen) atoms. The fraction of sp³-hybridized carbons (Fsp3) is 0.429. The van der Waals surface area contributed by atoms with Crippen molar-refractivity contribution in [3.8, 4) is 0 Å². The smallest absolute Gasteiger partial charge is 0.200 e. The summed E-state index contributed by atoms with van der Waals surface area (Å²) < 4.78 is 9.91. The Labute approximate surface area is 65.2 Å². The van der Waals surface area contributed by atoms with E-state index >= 15 is 0 Å². The number of aromatic nitrogens is 2. The lowest BCUT2D eigenvalue weighted by molar-refractivity contribution is -0.108. The summed E-state index contributed by atoms with van der Waals surface area (Å²) in [6.45, 7) is 0. The summed E-state index contributed by atoms with van der Waals surface area (Å²) in [4.78, 5) is 7.48. The molecular formula is C7H9N2O2. The Balaban J connectivity index is 2.74. The highest BCUT2D eigenvalue weighted by Crippen LogP contribution is 2.11. The van der Waals surface area contributed by atoms with Crippen LogP contribution in [0.3, 0.4) is 0 Å². The highest BCUT2D eigenvalue weighted by molar-refractivity contribution is 4.98. The molecule has 0 bridgehead atoms. The number of nitrogens with zero attached hydrogens (tertiary/aromatic N) is 2. The van der Waals surface area contributed by atoms with Crippen molar-refractivity contribution in [3.63, 3.8) is 0 Å². The van der Waals surface area contributed by atoms with Gasteiger partial charge < -0.3 is 9.47 Å². The Kier molecular flexibility index (Phi) is 2.95. The molecule has 0 spiro atoms. The highest BCUT2D eigenvalue weighted by Gasteiger charge is 2.08. The molecule has 0 aliphatic carbocycles. The maximum atomic E-state index is 4.95. The minimum Gasteiger partial charge on any atom is -0.350 e. The first kappa shape index (κ1) is 8.10. The molecule has 0 aromatic carbocycles. The molecule has 1 heterocycles. The minimum absolute atomic E-state index is 0.422. The van der Waals surface area contributed by atoms with Crippen molar-refractivity contribution in [1.29, 1.82) is 0 Å². The third-order valence-corrected chi connectivity index (χ3v) is 1.23. The monoisotopic (exact) mass is 153 g/mol. The van der Waals surface area contributed by atoms with Gasteiger partial charge in [-0.05, 0) is 6.07 Å². The van der Waals surface area contributed by atoms with Crippen molar-refractivity contribution in [2.24, 2.45) is 0 Å². The number of hydrogen-bond donors (Lipinski definition) is 0. The van der Waals surface area contributed by atoms with Gasteiger partial charge in [0.25, 0.3) is 0 Å². The third kappa shape index (κ3) is 1.96. The van der Waals surface area contributed by atoms with E-state index in [1.165, 1.54) is 0 Å². The molecule has 1 radical (unpaired) electrons. The lowest BCUT2D eigenvalue weighted by atomic mass is 10.4. The van der Waals surface area contributed by atoms with Crippen LogP contribution in [0.15, 0.2) is 12.3 Å². The standard InChI is InChI=1S/C7H9N2O2/c1-10-7(11-2)6-3-4-8-5-9-6/h3-4,7H,1-2H3. The van der Waals surface area contributed by atoms with Gasteiger partial charge >= 0.3 is 0 Å². The zero-order valence-corrected chi connectivity index (χ0v) is 6.44. The fourth-order valence-electron chi connectivity index (χ4n) is 0.740. The molecule has 0 aliphatic rings. The van der Waals surface area contributed by atoms with E-state index in [4.69, 9.17) is 9.47 Å². The van der Waals surface area contributed by atoms with Crippen LogP contribution in [0.25, 0.3) is 0 Å². The van der Waals surface area contributed by atoms with Gasteiger partial charge in [-0.1, -0.05) is 0 Å². The van der Waals surface area contributed by atoms with Gasteiger partial charge in [-0.3, -0.25) is 0 Å². The van der Waals surface area contributed by atoms with E-state index in [2.05, 4.69) is 16.3 Å². The van der Waals surface area contributed by atoms with Gasteiger partial charge in [-0.15, -0.1) is 0 Å². The van der Waals surface area contributed by atoms with Gasteiger partial charge in [-0.25, -0.2) is 9.97 Å². The first-order chi connectivity index (χ1) is 5.38. The summed E-state index contributed by atoms with van der Waals surface area (Å²) in [6, 6.07) is 1.72. The highest BCUT2D eigenvalue weighted by atomic mass is 16.7. The average molecular weight is 153 g/mol. The van der Waals surface area contributed by atoms with Crippen LogP contribution >= 0.6 is 0 Å². The summed E-state index contributed by atoms with van der Waals surface area (Å²) >= 11 is 0. The number of hydrogen-bond acceptors (Lipinski definition) is 4. The zero-order valence-electron chi connectivity index (χ0n) is 6.44. The third-order valence-electron chi connectivity index (χ3n) is 1.23. The molecule has 0 atom stereocenters. The summed E-state index contributed by atoms with van der Waals surface area (Å²) in [5, 5.41) is 0. The maximum Gasteiger partial charge on any atom is 0.200 e. The quantitative estimate of drug-likeness (QED) is 0.595. The SMILES string of the molecule is COC(OC)c1ccn[c]n1. The van der Waals surface area contributed by atoms with E-state index in [-0.39, 0.29) is 0 Å². The number of rotatable bonds is 3. The summed E-state index contributed by atoms with van der Waals surface area (Å²) in [5.41, 5.74) is 0.671. The molecule has 4 nitrogen and oxygen atoms in total. The lowest BCUT2D eigenvalue weighted by Crippen LogP contribution is -2.05. The molecular weight excluding hydrogens is 144 g/mol. The minimum atomic E-state index is -0.422. The van der Waals surface area contributed by atoms with Gasteiger partial charge in [0, 0.05) is 20.4 Å². The largest absolute Gasteiger partial charge is 0.350 e. The molecule has 0 aliphatic heterocycles. The second-order valence-corrected chi connectivity index (χ2v) is 1.88. The number of methoxy groups -OCH3 is 2. The van der Waals surface area contributed by atoms with Gasteiger partial charge in [-0.2, -0.15) is 0 Å². The molecule has 0 fully saturated rings. The van der Waals surface area contributed by atoms with Crippen molar-refractivity contribution in [2.75, 3.05) is 14.2 Å². The van der Waals surface area contributed by atoms with E-state index in [0.29, 0.717) is 5.69 Å². The second-order valence-electron chi connectivity index (χ2n) is 1.88. The molecule has 0 saturated carbocycles. The lowest BCUT2D eigenvalue weighted by Gasteiger charge is -2.10. The van der Waals surface area contributed by atoms with Crippen LogP contribution in [0.2, 0.25) is 0 Å². The molecule has 1 aromatic rings. The normalized spacial score (nSPS) is 10.5. The molecule has 4 heteroatoms. The van der Waals surface area contributed by atoms with Crippen molar-refractivity contribution in [3.05, 3.63) is 24.3 Å². The first-order valence-corrected chi connectivity index (χ1v) is 3.13. The number of ether oxygens (including phenoxy) is 2. The van der Waals surface area contributed by atoms with Crippen molar-refractivity contribution >= 4 is 0 Å². The van der Waals surface area contributed by atoms with Crippen LogP contribution in [0.1, 0.15) is 12.0 Å². The predicted molar refractivity (Wildman–Crippen MR) is 37.6 cm³/mol. The average Bonchev–Trinajstić information content (AvgIpc) is 2.09. The maximum absolute atomic E-state index is 4.95. The van der Waals surface area contributed by atoms with E-state index in [1.54, 1.807) is 26.5 Å². The second kappa shape index (κ2) is 4.00. The Morgan fingerprint density at radius 2 is 2.18 bits per heavy atom. The van der Waals surface area contributed by atoms with E-state index in [1.807, 2.05) is 0 Å². The summed E-state index contributed by atoms with van der Waals surface area (Å²) in [5.74, 6) is 0. The summed E-state index contributed by atoms with van der Waals surface area (Å²) in [6.07, 6.45) is 3.62. The van der Waals surface area contributed by atoms with Crippen molar-refractivity contribution < 1.29 is 9.47 Å². The van der Waals surface area contributed by atoms with E-state index in [9.17, 15) is 0 Å². The Bertz CT molecular complexity index is 199. The molecule has 0 amide bonds. The topological polar surface area (TPSA) is 44.2 Å². The van der Waals surface area contributed by atoms with E-state index in [0.717, 1.165) is 0 Å². The van der Waals surface area contributed by atoms with Gasteiger partial charge in [0.05, 0.1) is 0 Å². The van der Waals surface area contributed by atoms with Gasteiger partial charge in [0.15, 0.2) is 6.33 Å². The molecule has 1 rings (SSSR count). The van der Waals surface area contributed by atoms with Crippen LogP contribution in [0, 0.1) is 6.33 Å². The first-order valence-electron chi connectivity index (χ1n) is 3.13. The van der Waals surface area contributed by atoms with Crippen LogP contribution < -0.4 is 0 Å². The van der Waals surface area contributed by atoms with Gasteiger partial charge in [0.2, 0.25) is 6.29 Å². The molecule has 59 valence electrons. The Morgan fingerprint density at radius 1 is 1.45 bits per heavy atom. The molecule has 1 aromatic heterocycles. The van der Waals surface area contributed by atoms with Crippen molar-refractivity contribution in [1.82, 2.24) is 9.97 Å². The van der Waals surface area contributed by atoms with Crippen LogP contribution in [0.5, 0.6) is 0 Å². The molecule has 0 saturated heterocycles. The molecule has 0 N–H and O–H groups in total. The summed E-state index contributed by atoms with van der Waals surface area (Å²) in [7, 11) is 3.10. The van der Waals surface area contributed by atoms with Crippen LogP contribution in [-0.2, 0) is 9.47 Å². The van der Waals surface area contributed by atoms with Crippen LogP contribution in [0.4, 0.5) is 0 Å². The van der Waals surface area contributed by atoms with Crippen molar-refractivity contribution in [2.45, 2.75) is 6.29 Å². The molecule has 0 unspecified atom stereocenters. The zero-order chi connectivity index (χ0) is 8.10. The van der Waals surface area contributed by atoms with Gasteiger partial charge in [0.1, 0.15) is 5.69 Å². The predicted octanol–water partition coefficient (Wildman–Crippen LogP) is 0.568. The van der Waals surface area contributed by atoms with E-state index < -0.39 is 6.29 Å².